The Hall–Kier alpha value is -3.20. The first-order valence-corrected chi connectivity index (χ1v) is 17.5. The lowest BCUT2D eigenvalue weighted by Gasteiger charge is -2.15. The number of ketones is 2. The second-order valence-corrected chi connectivity index (χ2v) is 13.5. The van der Waals surface area contributed by atoms with E-state index in [-0.39, 0.29) is 17.3 Å². The van der Waals surface area contributed by atoms with E-state index in [1.165, 1.54) is 58.6 Å². The molecule has 1 rings (SSSR count). The van der Waals surface area contributed by atoms with Crippen LogP contribution in [0.1, 0.15) is 146 Å². The Bertz CT molecular complexity index is 1290. The monoisotopic (exact) mass is 628 g/mol. The van der Waals surface area contributed by atoms with Crippen molar-refractivity contribution >= 4 is 11.6 Å². The van der Waals surface area contributed by atoms with Gasteiger partial charge < -0.3 is 4.74 Å². The molecule has 46 heavy (non-hydrogen) atoms. The molecule has 0 aromatic carbocycles. The highest BCUT2D eigenvalue weighted by Gasteiger charge is 2.25. The number of rotatable bonds is 21. The van der Waals surface area contributed by atoms with Crippen LogP contribution in [-0.2, 0) is 14.3 Å². The summed E-state index contributed by atoms with van der Waals surface area (Å²) in [6.45, 7) is 19.4. The van der Waals surface area contributed by atoms with Gasteiger partial charge in [0.2, 0.25) is 5.78 Å². The van der Waals surface area contributed by atoms with Gasteiger partial charge in [0.15, 0.2) is 11.5 Å². The van der Waals surface area contributed by atoms with Crippen LogP contribution in [0.4, 0.5) is 0 Å². The summed E-state index contributed by atoms with van der Waals surface area (Å²) in [5.41, 5.74) is 11.1. The maximum atomic E-state index is 12.5. The Morgan fingerprint density at radius 1 is 0.543 bits per heavy atom. The van der Waals surface area contributed by atoms with Gasteiger partial charge in [0.1, 0.15) is 0 Å². The summed E-state index contributed by atoms with van der Waals surface area (Å²) in [4.78, 5) is 24.7. The van der Waals surface area contributed by atoms with Crippen molar-refractivity contribution in [2.45, 2.75) is 146 Å². The van der Waals surface area contributed by atoms with Crippen LogP contribution in [0.2, 0.25) is 0 Å². The number of ether oxygens (including phenoxy) is 1. The lowest BCUT2D eigenvalue weighted by atomic mass is 9.91. The van der Waals surface area contributed by atoms with Gasteiger partial charge in [-0.2, -0.15) is 0 Å². The minimum atomic E-state index is -0.178. The second kappa shape index (κ2) is 23.2. The number of methoxy groups -OCH3 is 1. The van der Waals surface area contributed by atoms with Crippen LogP contribution in [0.25, 0.3) is 0 Å². The number of carbonyl (C=O) groups excluding carboxylic acids is 2. The Labute approximate surface area is 282 Å². The Morgan fingerprint density at radius 2 is 0.870 bits per heavy atom. The van der Waals surface area contributed by atoms with E-state index in [1.807, 2.05) is 0 Å². The number of carbonyl (C=O) groups is 2. The van der Waals surface area contributed by atoms with Crippen LogP contribution >= 0.6 is 0 Å². The van der Waals surface area contributed by atoms with Gasteiger partial charge in [0.25, 0.3) is 0 Å². The lowest BCUT2D eigenvalue weighted by Crippen LogP contribution is -2.19. The van der Waals surface area contributed by atoms with Crippen LogP contribution in [-0.4, -0.2) is 18.7 Å². The minimum Gasteiger partial charge on any atom is -0.493 e. The summed E-state index contributed by atoms with van der Waals surface area (Å²) in [5.74, 6) is -0.185. The second-order valence-electron chi connectivity index (χ2n) is 13.5. The molecule has 3 nitrogen and oxygen atoms in total. The minimum absolute atomic E-state index is 0.135. The summed E-state index contributed by atoms with van der Waals surface area (Å²) in [6, 6.07) is 0. The van der Waals surface area contributed by atoms with E-state index in [4.69, 9.17) is 4.74 Å². The van der Waals surface area contributed by atoms with Crippen molar-refractivity contribution in [2.24, 2.45) is 0 Å². The molecule has 1 aliphatic rings. The first-order valence-electron chi connectivity index (χ1n) is 17.5. The molecule has 0 radical (unpaired) electrons. The average molecular weight is 629 g/mol. The Morgan fingerprint density at radius 3 is 1.20 bits per heavy atom. The molecule has 0 heterocycles. The molecule has 0 N–H and O–H groups in total. The summed E-state index contributed by atoms with van der Waals surface area (Å²) in [7, 11) is 1.43. The maximum Gasteiger partial charge on any atom is 0.224 e. The van der Waals surface area contributed by atoms with Crippen LogP contribution in [0.15, 0.2) is 105 Å². The first-order chi connectivity index (χ1) is 21.8. The van der Waals surface area contributed by atoms with Crippen molar-refractivity contribution in [1.82, 2.24) is 0 Å². The van der Waals surface area contributed by atoms with Gasteiger partial charge in [-0.25, -0.2) is 0 Å². The molecule has 0 atom stereocenters. The summed E-state index contributed by atoms with van der Waals surface area (Å²) in [6.07, 6.45) is 31.4. The molecular formula is C43H64O3. The fourth-order valence-electron chi connectivity index (χ4n) is 5.37. The van der Waals surface area contributed by atoms with E-state index in [0.29, 0.717) is 17.6 Å². The van der Waals surface area contributed by atoms with E-state index >= 15 is 0 Å². The molecule has 1 aliphatic carbocycles. The molecule has 0 aliphatic heterocycles. The van der Waals surface area contributed by atoms with E-state index in [9.17, 15) is 9.59 Å². The Balaban J connectivity index is 2.32. The fourth-order valence-corrected chi connectivity index (χ4v) is 5.37. The highest BCUT2D eigenvalue weighted by molar-refractivity contribution is 6.21. The fraction of sp³-hybridized carbons (Fsp3) is 0.535. The molecule has 0 aromatic heterocycles. The molecular weight excluding hydrogens is 564 g/mol. The van der Waals surface area contributed by atoms with Gasteiger partial charge in [-0.3, -0.25) is 9.59 Å². The highest BCUT2D eigenvalue weighted by atomic mass is 16.5. The van der Waals surface area contributed by atoms with Gasteiger partial charge >= 0.3 is 0 Å². The zero-order chi connectivity index (χ0) is 34.5. The topological polar surface area (TPSA) is 43.4 Å². The summed E-state index contributed by atoms with van der Waals surface area (Å²) >= 11 is 0. The zero-order valence-electron chi connectivity index (χ0n) is 31.0. The van der Waals surface area contributed by atoms with E-state index in [2.05, 4.69) is 97.9 Å². The molecule has 0 bridgehead atoms. The van der Waals surface area contributed by atoms with Crippen LogP contribution in [0.5, 0.6) is 0 Å². The third kappa shape index (κ3) is 18.1. The van der Waals surface area contributed by atoms with Gasteiger partial charge in [0, 0.05) is 17.2 Å². The van der Waals surface area contributed by atoms with Crippen molar-refractivity contribution in [3.05, 3.63) is 105 Å². The van der Waals surface area contributed by atoms with E-state index in [1.54, 1.807) is 6.92 Å². The molecule has 0 unspecified atom stereocenters. The van der Waals surface area contributed by atoms with E-state index < -0.39 is 0 Å². The molecule has 0 fully saturated rings. The van der Waals surface area contributed by atoms with Crippen molar-refractivity contribution in [3.8, 4) is 0 Å². The summed E-state index contributed by atoms with van der Waals surface area (Å²) in [5, 5.41) is 0. The van der Waals surface area contributed by atoms with Crippen LogP contribution < -0.4 is 0 Å². The number of hydrogen-bond donors (Lipinski definition) is 0. The molecule has 254 valence electrons. The predicted octanol–water partition coefficient (Wildman–Crippen LogP) is 12.7. The Kier molecular flexibility index (Phi) is 20.6. The third-order valence-electron chi connectivity index (χ3n) is 8.71. The molecule has 0 saturated carbocycles. The number of allylic oxidation sites excluding steroid dienone is 17. The SMILES string of the molecule is COC1=CC(=O)C(C)=C(C/C=C(\C)CC/C=C(\C)CC/C=C(\C)CC/C=C(\C)CC/C=C(\C)CC/C=C(\C)CCC=C(C)C)C1=O. The predicted molar refractivity (Wildman–Crippen MR) is 200 cm³/mol. The zero-order valence-corrected chi connectivity index (χ0v) is 31.0. The van der Waals surface area contributed by atoms with Gasteiger partial charge in [-0.1, -0.05) is 81.5 Å². The number of hydrogen-bond acceptors (Lipinski definition) is 3. The standard InChI is InChI=1S/C43H64O3/c1-32(2)17-11-18-33(3)19-12-20-34(4)21-13-22-35(5)23-14-24-36(6)25-15-26-37(7)27-16-28-38(8)29-30-40-39(9)41(44)31-42(46-10)43(40)45/h17,19,21,23,25,27,29,31H,11-16,18,20,22,24,26,28,30H2,1-10H3/b33-19+,34-21+,35-23+,36-25+,37-27+,38-29+. The summed E-state index contributed by atoms with van der Waals surface area (Å²) < 4.78 is 5.09. The van der Waals surface area contributed by atoms with Gasteiger partial charge in [-0.05, 0) is 146 Å². The number of Topliss-reactive ketones (excluding diaryl/α,β-unsaturated/α-hetero) is 1. The normalized spacial score (nSPS) is 15.9. The maximum absolute atomic E-state index is 12.5. The third-order valence-corrected chi connectivity index (χ3v) is 8.71. The van der Waals surface area contributed by atoms with Crippen LogP contribution in [0.3, 0.4) is 0 Å². The van der Waals surface area contributed by atoms with E-state index in [0.717, 1.165) is 70.6 Å². The first kappa shape index (κ1) is 40.8. The molecule has 0 aromatic rings. The van der Waals surface area contributed by atoms with Gasteiger partial charge in [0.05, 0.1) is 7.11 Å². The average Bonchev–Trinajstić information content (AvgIpc) is 2.98. The highest BCUT2D eigenvalue weighted by Crippen LogP contribution is 2.24. The molecule has 0 amide bonds. The quantitative estimate of drug-likeness (QED) is 0.0938. The smallest absolute Gasteiger partial charge is 0.224 e. The molecule has 0 spiro atoms. The van der Waals surface area contributed by atoms with Crippen LogP contribution in [0, 0.1) is 0 Å². The van der Waals surface area contributed by atoms with Gasteiger partial charge in [-0.15, -0.1) is 0 Å². The lowest BCUT2D eigenvalue weighted by molar-refractivity contribution is -0.118. The molecule has 0 saturated heterocycles. The van der Waals surface area contributed by atoms with Crippen molar-refractivity contribution < 1.29 is 14.3 Å². The molecule has 3 heteroatoms. The van der Waals surface area contributed by atoms with Crippen molar-refractivity contribution in [2.75, 3.05) is 7.11 Å². The largest absolute Gasteiger partial charge is 0.493 e. The van der Waals surface area contributed by atoms with Crippen molar-refractivity contribution in [1.29, 1.82) is 0 Å². The van der Waals surface area contributed by atoms with Crippen molar-refractivity contribution in [3.63, 3.8) is 0 Å².